The molecule has 2 aliphatic rings. The van der Waals surface area contributed by atoms with E-state index in [4.69, 9.17) is 0 Å². The summed E-state index contributed by atoms with van der Waals surface area (Å²) in [6.45, 7) is 0.707. The van der Waals surface area contributed by atoms with Crippen LogP contribution in [0.2, 0.25) is 0 Å². The average molecular weight is 484 g/mol. The minimum absolute atomic E-state index is 0.0183. The summed E-state index contributed by atoms with van der Waals surface area (Å²) in [5.74, 6) is -0.388. The van der Waals surface area contributed by atoms with Crippen LogP contribution >= 0.6 is 0 Å². The Labute approximate surface area is 202 Å². The number of carbonyl (C=O) groups excluding carboxylic acids is 2. The van der Waals surface area contributed by atoms with Crippen molar-refractivity contribution in [2.75, 3.05) is 13.1 Å². The first-order chi connectivity index (χ1) is 16.4. The second-order valence-electron chi connectivity index (χ2n) is 9.26. The van der Waals surface area contributed by atoms with Crippen molar-refractivity contribution in [3.63, 3.8) is 0 Å². The van der Waals surface area contributed by atoms with Gasteiger partial charge in [0.05, 0.1) is 5.75 Å². The number of hydrogen-bond acceptors (Lipinski definition) is 4. The van der Waals surface area contributed by atoms with Crippen LogP contribution in [-0.4, -0.2) is 49.7 Å². The lowest BCUT2D eigenvalue weighted by Gasteiger charge is -2.35. The van der Waals surface area contributed by atoms with Crippen LogP contribution in [0.1, 0.15) is 54.4 Å². The second-order valence-corrected chi connectivity index (χ2v) is 11.2. The molecule has 34 heavy (non-hydrogen) atoms. The van der Waals surface area contributed by atoms with Crippen molar-refractivity contribution >= 4 is 21.8 Å². The van der Waals surface area contributed by atoms with Crippen LogP contribution in [0.15, 0.2) is 60.7 Å². The standard InChI is InChI=1S/C26H33N3O4S/c30-25(21-11-5-2-6-12-21)27-23-13-7-8-14-24(23)28-26(31)22-15-17-29(18-16-22)34(32,33)19-20-9-3-1-4-10-20/h1-6,9-12,22-24H,7-8,13-19H2,(H,27,30)(H,28,31)/t23-,24-/m1/s1. The molecule has 2 N–H and O–H groups in total. The van der Waals surface area contributed by atoms with Crippen LogP contribution in [0, 0.1) is 5.92 Å². The minimum atomic E-state index is -3.41. The van der Waals surface area contributed by atoms with Gasteiger partial charge in [-0.05, 0) is 43.4 Å². The van der Waals surface area contributed by atoms with E-state index < -0.39 is 10.0 Å². The molecule has 2 amide bonds. The molecule has 0 radical (unpaired) electrons. The molecule has 2 fully saturated rings. The van der Waals surface area contributed by atoms with Gasteiger partial charge in [-0.25, -0.2) is 12.7 Å². The van der Waals surface area contributed by atoms with Gasteiger partial charge in [-0.15, -0.1) is 0 Å². The highest BCUT2D eigenvalue weighted by Crippen LogP contribution is 2.24. The summed E-state index contributed by atoms with van der Waals surface area (Å²) < 4.78 is 27.1. The Bertz CT molecular complexity index is 1070. The fourth-order valence-electron chi connectivity index (χ4n) is 4.89. The molecule has 2 aromatic rings. The topological polar surface area (TPSA) is 95.6 Å². The summed E-state index contributed by atoms with van der Waals surface area (Å²) in [7, 11) is -3.41. The van der Waals surface area contributed by atoms with Gasteiger partial charge in [0, 0.05) is 36.7 Å². The SMILES string of the molecule is O=C(N[C@@H]1CCCC[C@H]1NC(=O)C1CCN(S(=O)(=O)Cc2ccccc2)CC1)c1ccccc1. The highest BCUT2D eigenvalue weighted by Gasteiger charge is 2.34. The minimum Gasteiger partial charge on any atom is -0.351 e. The third-order valence-electron chi connectivity index (χ3n) is 6.86. The van der Waals surface area contributed by atoms with E-state index in [1.54, 1.807) is 12.1 Å². The molecule has 2 aromatic carbocycles. The Kier molecular flexibility index (Phi) is 8.00. The average Bonchev–Trinajstić information content (AvgIpc) is 2.86. The molecule has 0 spiro atoms. The van der Waals surface area contributed by atoms with Gasteiger partial charge in [-0.1, -0.05) is 61.4 Å². The van der Waals surface area contributed by atoms with Gasteiger partial charge >= 0.3 is 0 Å². The number of carbonyl (C=O) groups is 2. The smallest absolute Gasteiger partial charge is 0.251 e. The van der Waals surface area contributed by atoms with Gasteiger partial charge in [0.1, 0.15) is 0 Å². The molecule has 1 saturated heterocycles. The molecule has 1 saturated carbocycles. The monoisotopic (exact) mass is 483 g/mol. The van der Waals surface area contributed by atoms with Crippen molar-refractivity contribution in [1.29, 1.82) is 0 Å². The second kappa shape index (κ2) is 11.1. The first-order valence-corrected chi connectivity index (χ1v) is 13.7. The summed E-state index contributed by atoms with van der Waals surface area (Å²) >= 11 is 0. The quantitative estimate of drug-likeness (QED) is 0.633. The highest BCUT2D eigenvalue weighted by atomic mass is 32.2. The van der Waals surface area contributed by atoms with Crippen LogP contribution in [0.25, 0.3) is 0 Å². The van der Waals surface area contributed by atoms with E-state index in [9.17, 15) is 18.0 Å². The zero-order valence-electron chi connectivity index (χ0n) is 19.4. The fraction of sp³-hybridized carbons (Fsp3) is 0.462. The van der Waals surface area contributed by atoms with Crippen LogP contribution in [0.3, 0.4) is 0 Å². The molecule has 2 atom stereocenters. The van der Waals surface area contributed by atoms with Crippen LogP contribution in [0.5, 0.6) is 0 Å². The van der Waals surface area contributed by atoms with Gasteiger partial charge < -0.3 is 10.6 Å². The van der Waals surface area contributed by atoms with E-state index in [1.807, 2.05) is 48.5 Å². The van der Waals surface area contributed by atoms with Crippen LogP contribution in [-0.2, 0) is 20.6 Å². The number of piperidine rings is 1. The van der Waals surface area contributed by atoms with Gasteiger partial charge in [0.15, 0.2) is 0 Å². The van der Waals surface area contributed by atoms with Crippen molar-refractivity contribution in [3.8, 4) is 0 Å². The summed E-state index contributed by atoms with van der Waals surface area (Å²) in [6, 6.07) is 18.1. The maximum absolute atomic E-state index is 13.0. The number of nitrogens with one attached hydrogen (secondary N) is 2. The lowest BCUT2D eigenvalue weighted by molar-refractivity contribution is -0.127. The third-order valence-corrected chi connectivity index (χ3v) is 8.71. The normalized spacial score (nSPS) is 22.1. The van der Waals surface area contributed by atoms with E-state index in [-0.39, 0.29) is 35.6 Å². The largest absolute Gasteiger partial charge is 0.351 e. The Balaban J connectivity index is 1.29. The number of amides is 2. The zero-order chi connectivity index (χ0) is 24.0. The van der Waals surface area contributed by atoms with Gasteiger partial charge in [-0.2, -0.15) is 0 Å². The number of hydrogen-bond donors (Lipinski definition) is 2. The van der Waals surface area contributed by atoms with Crippen molar-refractivity contribution < 1.29 is 18.0 Å². The lowest BCUT2D eigenvalue weighted by Crippen LogP contribution is -2.55. The van der Waals surface area contributed by atoms with Crippen LogP contribution in [0.4, 0.5) is 0 Å². The number of nitrogens with zero attached hydrogens (tertiary/aromatic N) is 1. The molecule has 1 aliphatic carbocycles. The van der Waals surface area contributed by atoms with E-state index in [0.717, 1.165) is 31.2 Å². The summed E-state index contributed by atoms with van der Waals surface area (Å²) in [5, 5.41) is 6.27. The summed E-state index contributed by atoms with van der Waals surface area (Å²) in [4.78, 5) is 25.6. The van der Waals surface area contributed by atoms with Gasteiger partial charge in [0.25, 0.3) is 5.91 Å². The molecule has 182 valence electrons. The molecule has 7 nitrogen and oxygen atoms in total. The number of benzene rings is 2. The maximum Gasteiger partial charge on any atom is 0.251 e. The first-order valence-electron chi connectivity index (χ1n) is 12.1. The third kappa shape index (κ3) is 6.24. The molecule has 0 unspecified atom stereocenters. The number of sulfonamides is 1. The first kappa shape index (κ1) is 24.4. The van der Waals surface area contributed by atoms with Crippen molar-refractivity contribution in [1.82, 2.24) is 14.9 Å². The van der Waals surface area contributed by atoms with Gasteiger partial charge in [-0.3, -0.25) is 9.59 Å². The molecule has 4 rings (SSSR count). The molecule has 1 aliphatic heterocycles. The Hall–Kier alpha value is -2.71. The zero-order valence-corrected chi connectivity index (χ0v) is 20.2. The Morgan fingerprint density at radius 3 is 1.97 bits per heavy atom. The molecule has 0 aromatic heterocycles. The van der Waals surface area contributed by atoms with E-state index in [2.05, 4.69) is 10.6 Å². The molecule has 8 heteroatoms. The predicted molar refractivity (Wildman–Crippen MR) is 131 cm³/mol. The van der Waals surface area contributed by atoms with Crippen molar-refractivity contribution in [2.45, 2.75) is 56.4 Å². The molecular formula is C26H33N3O4S. The van der Waals surface area contributed by atoms with E-state index in [1.165, 1.54) is 4.31 Å². The predicted octanol–water partition coefficient (Wildman–Crippen LogP) is 3.09. The van der Waals surface area contributed by atoms with Crippen molar-refractivity contribution in [2.24, 2.45) is 5.92 Å². The van der Waals surface area contributed by atoms with Crippen molar-refractivity contribution in [3.05, 3.63) is 71.8 Å². The van der Waals surface area contributed by atoms with E-state index in [0.29, 0.717) is 31.5 Å². The number of rotatable bonds is 7. The lowest BCUT2D eigenvalue weighted by atomic mass is 9.88. The Morgan fingerprint density at radius 1 is 0.794 bits per heavy atom. The molecule has 1 heterocycles. The van der Waals surface area contributed by atoms with Crippen LogP contribution < -0.4 is 10.6 Å². The Morgan fingerprint density at radius 2 is 1.35 bits per heavy atom. The fourth-order valence-corrected chi connectivity index (χ4v) is 6.45. The summed E-state index contributed by atoms with van der Waals surface area (Å²) in [6.07, 6.45) is 4.71. The summed E-state index contributed by atoms with van der Waals surface area (Å²) in [5.41, 5.74) is 1.38. The van der Waals surface area contributed by atoms with E-state index >= 15 is 0 Å². The molecular weight excluding hydrogens is 450 g/mol. The van der Waals surface area contributed by atoms with Gasteiger partial charge in [0.2, 0.25) is 15.9 Å². The molecule has 0 bridgehead atoms. The maximum atomic E-state index is 13.0. The highest BCUT2D eigenvalue weighted by molar-refractivity contribution is 7.88.